The highest BCUT2D eigenvalue weighted by atomic mass is 32.1. The van der Waals surface area contributed by atoms with Crippen LogP contribution in [0.4, 0.5) is 0 Å². The summed E-state index contributed by atoms with van der Waals surface area (Å²) in [5.74, 6) is 0.434. The van der Waals surface area contributed by atoms with Gasteiger partial charge in [-0.15, -0.1) is 0 Å². The first-order valence-electron chi connectivity index (χ1n) is 9.30. The maximum Gasteiger partial charge on any atom is 0.276 e. The molecule has 0 aliphatic heterocycles. The summed E-state index contributed by atoms with van der Waals surface area (Å²) in [4.78, 5) is 12.0. The summed E-state index contributed by atoms with van der Waals surface area (Å²) in [5, 5.41) is 3.65. The fraction of sp³-hybridized carbons (Fsp3) is 0.333. The van der Waals surface area contributed by atoms with Gasteiger partial charge in [0.1, 0.15) is 5.75 Å². The van der Waals surface area contributed by atoms with Gasteiger partial charge in [-0.2, -0.15) is 0 Å². The predicted octanol–water partition coefficient (Wildman–Crippen LogP) is 3.09. The van der Waals surface area contributed by atoms with Crippen LogP contribution in [0, 0.1) is 0 Å². The number of carbonyl (C=O) groups excluding carboxylic acids is 1. The molecule has 3 N–H and O–H groups in total. The Kier molecular flexibility index (Phi) is 7.04. The third-order valence-corrected chi connectivity index (χ3v) is 4.79. The molecule has 1 aliphatic rings. The molecule has 27 heavy (non-hydrogen) atoms. The minimum Gasteiger partial charge on any atom is -0.483 e. The van der Waals surface area contributed by atoms with Crippen LogP contribution in [-0.4, -0.2) is 23.7 Å². The largest absolute Gasteiger partial charge is 0.483 e. The summed E-state index contributed by atoms with van der Waals surface area (Å²) in [5.41, 5.74) is 7.56. The molecule has 6 heteroatoms. The Hall–Kier alpha value is -2.60. The molecule has 1 saturated carbocycles. The average molecular weight is 384 g/mol. The number of benzene rings is 2. The van der Waals surface area contributed by atoms with Gasteiger partial charge in [-0.05, 0) is 42.3 Å². The second kappa shape index (κ2) is 9.92. The van der Waals surface area contributed by atoms with E-state index >= 15 is 0 Å². The highest BCUT2D eigenvalue weighted by Crippen LogP contribution is 2.21. The molecule has 0 unspecified atom stereocenters. The molecule has 1 aliphatic carbocycles. The zero-order valence-corrected chi connectivity index (χ0v) is 16.1. The number of nitrogens with one attached hydrogen (secondary N) is 3. The SMILES string of the molecule is O=C(COc1ccccc1Cc1ccccc1)NNC(=S)NC1CCCC1. The van der Waals surface area contributed by atoms with Crippen molar-refractivity contribution >= 4 is 23.2 Å². The zero-order valence-electron chi connectivity index (χ0n) is 15.2. The van der Waals surface area contributed by atoms with Gasteiger partial charge in [0, 0.05) is 12.5 Å². The third kappa shape index (κ3) is 6.25. The molecule has 1 fully saturated rings. The Morgan fingerprint density at radius 3 is 2.48 bits per heavy atom. The van der Waals surface area contributed by atoms with E-state index < -0.39 is 0 Å². The smallest absolute Gasteiger partial charge is 0.276 e. The Bertz CT molecular complexity index is 761. The molecule has 0 heterocycles. The first kappa shape index (κ1) is 19.2. The molecule has 1 amide bonds. The summed E-state index contributed by atoms with van der Waals surface area (Å²) < 4.78 is 5.72. The van der Waals surface area contributed by atoms with E-state index in [9.17, 15) is 4.79 Å². The van der Waals surface area contributed by atoms with Crippen molar-refractivity contribution in [1.29, 1.82) is 0 Å². The zero-order chi connectivity index (χ0) is 18.9. The summed E-state index contributed by atoms with van der Waals surface area (Å²) in [6.45, 7) is -0.0785. The molecule has 5 nitrogen and oxygen atoms in total. The fourth-order valence-corrected chi connectivity index (χ4v) is 3.42. The van der Waals surface area contributed by atoms with Gasteiger partial charge in [-0.1, -0.05) is 61.4 Å². The lowest BCUT2D eigenvalue weighted by Crippen LogP contribution is -2.50. The van der Waals surface area contributed by atoms with Gasteiger partial charge in [0.15, 0.2) is 11.7 Å². The van der Waals surface area contributed by atoms with E-state index in [0.29, 0.717) is 16.9 Å². The van der Waals surface area contributed by atoms with Gasteiger partial charge in [-0.3, -0.25) is 15.6 Å². The summed E-state index contributed by atoms with van der Waals surface area (Å²) in [6, 6.07) is 18.3. The number of rotatable bonds is 6. The van der Waals surface area contributed by atoms with Crippen LogP contribution >= 0.6 is 12.2 Å². The van der Waals surface area contributed by atoms with Crippen LogP contribution in [-0.2, 0) is 11.2 Å². The van der Waals surface area contributed by atoms with Crippen LogP contribution in [0.25, 0.3) is 0 Å². The van der Waals surface area contributed by atoms with E-state index in [-0.39, 0.29) is 12.5 Å². The highest BCUT2D eigenvalue weighted by molar-refractivity contribution is 7.80. The molecule has 3 rings (SSSR count). The minimum atomic E-state index is -0.278. The van der Waals surface area contributed by atoms with Crippen molar-refractivity contribution in [3.8, 4) is 5.75 Å². The molecule has 2 aromatic rings. The molecular formula is C21H25N3O2S. The van der Waals surface area contributed by atoms with E-state index in [0.717, 1.165) is 24.8 Å². The summed E-state index contributed by atoms with van der Waals surface area (Å²) >= 11 is 5.20. The third-order valence-electron chi connectivity index (χ3n) is 4.57. The Morgan fingerprint density at radius 1 is 1.00 bits per heavy atom. The number of hydrogen-bond acceptors (Lipinski definition) is 3. The molecule has 0 aromatic heterocycles. The fourth-order valence-electron chi connectivity index (χ4n) is 3.20. The Balaban J connectivity index is 1.45. The maximum absolute atomic E-state index is 12.0. The standard InChI is InChI=1S/C21H25N3O2S/c25-20(23-24-21(27)22-18-11-5-6-12-18)15-26-19-13-7-4-10-17(19)14-16-8-2-1-3-9-16/h1-4,7-10,13,18H,5-6,11-12,14-15H2,(H,23,25)(H2,22,24,27). The topological polar surface area (TPSA) is 62.4 Å². The van der Waals surface area contributed by atoms with Crippen molar-refractivity contribution in [1.82, 2.24) is 16.2 Å². The minimum absolute atomic E-state index is 0.0785. The van der Waals surface area contributed by atoms with Crippen molar-refractivity contribution in [2.45, 2.75) is 38.1 Å². The number of ether oxygens (including phenoxy) is 1. The Labute approximate surface area is 165 Å². The van der Waals surface area contributed by atoms with E-state index in [1.807, 2.05) is 42.5 Å². The van der Waals surface area contributed by atoms with E-state index in [1.165, 1.54) is 18.4 Å². The van der Waals surface area contributed by atoms with Crippen molar-refractivity contribution in [3.63, 3.8) is 0 Å². The van der Waals surface area contributed by atoms with Crippen LogP contribution in [0.2, 0.25) is 0 Å². The summed E-state index contributed by atoms with van der Waals surface area (Å²) in [6.07, 6.45) is 5.45. The van der Waals surface area contributed by atoms with Gasteiger partial charge in [0.2, 0.25) is 0 Å². The molecule has 142 valence electrons. The molecule has 0 atom stereocenters. The summed E-state index contributed by atoms with van der Waals surface area (Å²) in [7, 11) is 0. The number of amides is 1. The van der Waals surface area contributed by atoms with Gasteiger partial charge in [0.05, 0.1) is 0 Å². The molecule has 2 aromatic carbocycles. The van der Waals surface area contributed by atoms with Crippen LogP contribution in [0.5, 0.6) is 5.75 Å². The first-order valence-corrected chi connectivity index (χ1v) is 9.71. The number of hydrogen-bond donors (Lipinski definition) is 3. The average Bonchev–Trinajstić information content (AvgIpc) is 3.19. The molecule has 0 bridgehead atoms. The monoisotopic (exact) mass is 383 g/mol. The predicted molar refractivity (Wildman–Crippen MR) is 110 cm³/mol. The van der Waals surface area contributed by atoms with Gasteiger partial charge in [0.25, 0.3) is 5.91 Å². The quantitative estimate of drug-likeness (QED) is 0.529. The number of carbonyl (C=O) groups is 1. The van der Waals surface area contributed by atoms with Gasteiger partial charge in [-0.25, -0.2) is 0 Å². The van der Waals surface area contributed by atoms with Crippen molar-refractivity contribution in [2.24, 2.45) is 0 Å². The lowest BCUT2D eigenvalue weighted by molar-refractivity contribution is -0.123. The van der Waals surface area contributed by atoms with E-state index in [4.69, 9.17) is 17.0 Å². The van der Waals surface area contributed by atoms with Crippen LogP contribution in [0.3, 0.4) is 0 Å². The van der Waals surface area contributed by atoms with E-state index in [1.54, 1.807) is 0 Å². The number of para-hydroxylation sites is 1. The van der Waals surface area contributed by atoms with Crippen LogP contribution in [0.15, 0.2) is 54.6 Å². The lowest BCUT2D eigenvalue weighted by atomic mass is 10.0. The van der Waals surface area contributed by atoms with Gasteiger partial charge >= 0.3 is 0 Å². The normalized spacial score (nSPS) is 13.8. The second-order valence-corrected chi connectivity index (χ2v) is 7.10. The number of hydrazine groups is 1. The molecule has 0 spiro atoms. The van der Waals surface area contributed by atoms with E-state index in [2.05, 4.69) is 28.3 Å². The van der Waals surface area contributed by atoms with Crippen LogP contribution < -0.4 is 20.9 Å². The highest BCUT2D eigenvalue weighted by Gasteiger charge is 2.15. The molecule has 0 saturated heterocycles. The second-order valence-electron chi connectivity index (χ2n) is 6.69. The van der Waals surface area contributed by atoms with Gasteiger partial charge < -0.3 is 10.1 Å². The number of thiocarbonyl (C=S) groups is 1. The van der Waals surface area contributed by atoms with Crippen molar-refractivity contribution in [2.75, 3.05) is 6.61 Å². The molecular weight excluding hydrogens is 358 g/mol. The van der Waals surface area contributed by atoms with Crippen LogP contribution in [0.1, 0.15) is 36.8 Å². The van der Waals surface area contributed by atoms with Crippen molar-refractivity contribution < 1.29 is 9.53 Å². The molecule has 0 radical (unpaired) electrons. The lowest BCUT2D eigenvalue weighted by Gasteiger charge is -2.16. The maximum atomic E-state index is 12.0. The Morgan fingerprint density at radius 2 is 1.70 bits per heavy atom. The first-order chi connectivity index (χ1) is 13.2. The van der Waals surface area contributed by atoms with Crippen molar-refractivity contribution in [3.05, 3.63) is 65.7 Å².